The van der Waals surface area contributed by atoms with Gasteiger partial charge in [0.05, 0.1) is 30.0 Å². The molecule has 4 aliphatic rings. The summed E-state index contributed by atoms with van der Waals surface area (Å²) >= 11 is 0. The highest BCUT2D eigenvalue weighted by atomic mass is 19.2. The number of likely N-dealkylation sites (tertiary alicyclic amines) is 2. The van der Waals surface area contributed by atoms with Crippen LogP contribution in [-0.4, -0.2) is 57.5 Å². The highest BCUT2D eigenvalue weighted by Gasteiger charge is 2.44. The second-order valence-electron chi connectivity index (χ2n) is 16.7. The molecule has 4 aliphatic heterocycles. The minimum Gasteiger partial charge on any atom is -0.365 e. The minimum atomic E-state index is -1.14. The number of piperidine rings is 2. The zero-order chi connectivity index (χ0) is 44.6. The number of rotatable bonds is 8. The molecule has 2 fully saturated rings. The van der Waals surface area contributed by atoms with Crippen LogP contribution in [0.2, 0.25) is 0 Å². The maximum absolute atomic E-state index is 14.8. The maximum atomic E-state index is 14.8. The second-order valence-corrected chi connectivity index (χ2v) is 16.7. The summed E-state index contributed by atoms with van der Waals surface area (Å²) in [5, 5.41) is 0. The van der Waals surface area contributed by atoms with Gasteiger partial charge < -0.3 is 9.47 Å². The monoisotopic (exact) mass is 876 g/mol. The molecule has 328 valence electrons. The molecule has 14 heteroatoms. The second kappa shape index (κ2) is 17.8. The summed E-state index contributed by atoms with van der Waals surface area (Å²) in [4.78, 5) is 37.9. The van der Waals surface area contributed by atoms with E-state index in [9.17, 15) is 35.9 Å². The van der Waals surface area contributed by atoms with Crippen molar-refractivity contribution in [2.24, 2.45) is 0 Å². The van der Waals surface area contributed by atoms with Crippen molar-refractivity contribution in [2.75, 3.05) is 26.2 Å². The minimum absolute atomic E-state index is 0.0243. The number of hydrogen-bond acceptors (Lipinski definition) is 8. The fourth-order valence-corrected chi connectivity index (χ4v) is 9.23. The van der Waals surface area contributed by atoms with E-state index in [4.69, 9.17) is 9.47 Å². The molecule has 2 saturated heterocycles. The first-order valence-electron chi connectivity index (χ1n) is 21.1. The summed E-state index contributed by atoms with van der Waals surface area (Å²) in [6.45, 7) is 5.27. The number of benzene rings is 4. The predicted molar refractivity (Wildman–Crippen MR) is 223 cm³/mol. The third kappa shape index (κ3) is 8.62. The molecule has 6 aromatic rings. The average molecular weight is 877 g/mol. The summed E-state index contributed by atoms with van der Waals surface area (Å²) in [6, 6.07) is 18.4. The Kier molecular flexibility index (Phi) is 12.0. The smallest absolute Gasteiger partial charge is 0.196 e. The molecule has 0 N–H and O–H groups in total. The van der Waals surface area contributed by atoms with Crippen molar-refractivity contribution < 1.29 is 45.4 Å². The lowest BCUT2D eigenvalue weighted by Crippen LogP contribution is -2.42. The number of ether oxygens (including phenoxy) is 2. The Morgan fingerprint density at radius 3 is 1.50 bits per heavy atom. The molecule has 0 atom stereocenters. The Bertz CT molecular complexity index is 2750. The molecule has 2 spiro atoms. The molecule has 8 nitrogen and oxygen atoms in total. The van der Waals surface area contributed by atoms with Gasteiger partial charge in [-0.1, -0.05) is 18.2 Å². The van der Waals surface area contributed by atoms with E-state index in [1.807, 2.05) is 24.5 Å². The van der Waals surface area contributed by atoms with Crippen LogP contribution in [0.5, 0.6) is 0 Å². The van der Waals surface area contributed by atoms with Crippen LogP contribution < -0.4 is 0 Å². The Morgan fingerprint density at radius 1 is 0.516 bits per heavy atom. The van der Waals surface area contributed by atoms with Crippen LogP contribution in [0.25, 0.3) is 0 Å². The Morgan fingerprint density at radius 2 is 1.00 bits per heavy atom. The van der Waals surface area contributed by atoms with Gasteiger partial charge >= 0.3 is 0 Å². The highest BCUT2D eigenvalue weighted by Crippen LogP contribution is 2.45. The van der Waals surface area contributed by atoms with E-state index in [0.717, 1.165) is 99.4 Å². The molecular weight excluding hydrogens is 835 g/mol. The average Bonchev–Trinajstić information content (AvgIpc) is 3.85. The molecule has 6 heterocycles. The van der Waals surface area contributed by atoms with Crippen molar-refractivity contribution in [3.05, 3.63) is 200 Å². The molecule has 0 unspecified atom stereocenters. The van der Waals surface area contributed by atoms with Crippen LogP contribution in [0.4, 0.5) is 26.3 Å². The Labute approximate surface area is 365 Å². The van der Waals surface area contributed by atoms with E-state index >= 15 is 0 Å². The van der Waals surface area contributed by atoms with E-state index < -0.39 is 46.5 Å². The maximum Gasteiger partial charge on any atom is 0.196 e. The highest BCUT2D eigenvalue weighted by molar-refractivity contribution is 6.09. The van der Waals surface area contributed by atoms with Crippen molar-refractivity contribution in [3.8, 4) is 0 Å². The Balaban J connectivity index is 0.000000162. The lowest BCUT2D eigenvalue weighted by Gasteiger charge is -2.39. The number of fused-ring (bicyclic) bond motifs is 4. The zero-order valence-corrected chi connectivity index (χ0v) is 34.6. The summed E-state index contributed by atoms with van der Waals surface area (Å²) in [7, 11) is 0. The standard InChI is InChI=1S/2C25H21F3N2O2/c26-21-4-2-17(12-23(21)28)24(31)19-3-1-16(11-22(19)27)14-30-9-6-25(7-10-30)20-13-29-8-5-18(20)15-32-25;26-21-4-3-17(12-23(21)28)24(31)16-1-2-18(22(27)11-16)14-30-9-6-25(7-10-30)20-13-29-8-5-19(20)15-32-25/h2*1-5,8,11-13H,6-7,9-10,14-15H2. The number of carbonyl (C=O) groups excluding carboxylic acids is 2. The van der Waals surface area contributed by atoms with Crippen LogP contribution in [0.15, 0.2) is 110 Å². The first-order chi connectivity index (χ1) is 30.9. The molecule has 0 aliphatic carbocycles. The van der Waals surface area contributed by atoms with Gasteiger partial charge in [0.15, 0.2) is 34.8 Å². The van der Waals surface area contributed by atoms with Crippen molar-refractivity contribution in [1.29, 1.82) is 0 Å². The van der Waals surface area contributed by atoms with Gasteiger partial charge in [-0.05, 0) is 109 Å². The predicted octanol–water partition coefficient (Wildman–Crippen LogP) is 9.50. The van der Waals surface area contributed by atoms with Crippen LogP contribution in [0.1, 0.15) is 90.9 Å². The largest absolute Gasteiger partial charge is 0.365 e. The fourth-order valence-electron chi connectivity index (χ4n) is 9.23. The lowest BCUT2D eigenvalue weighted by atomic mass is 9.84. The van der Waals surface area contributed by atoms with Crippen molar-refractivity contribution in [1.82, 2.24) is 19.8 Å². The van der Waals surface area contributed by atoms with Crippen molar-refractivity contribution >= 4 is 11.6 Å². The van der Waals surface area contributed by atoms with E-state index in [2.05, 4.69) is 19.8 Å². The number of nitrogens with zero attached hydrogens (tertiary/aromatic N) is 4. The van der Waals surface area contributed by atoms with E-state index in [0.29, 0.717) is 31.9 Å². The molecule has 4 aromatic carbocycles. The van der Waals surface area contributed by atoms with Crippen molar-refractivity contribution in [2.45, 2.75) is 63.2 Å². The molecular formula is C50H42F6N4O4. The normalized spacial score (nSPS) is 17.5. The van der Waals surface area contributed by atoms with Crippen LogP contribution in [0.3, 0.4) is 0 Å². The quantitative estimate of drug-likeness (QED) is 0.111. The van der Waals surface area contributed by atoms with Gasteiger partial charge in [-0.2, -0.15) is 0 Å². The number of hydrogen-bond donors (Lipinski definition) is 0. The van der Waals surface area contributed by atoms with Gasteiger partial charge in [-0.15, -0.1) is 0 Å². The van der Waals surface area contributed by atoms with Gasteiger partial charge in [-0.25, -0.2) is 26.3 Å². The molecule has 2 aromatic heterocycles. The van der Waals surface area contributed by atoms with Gasteiger partial charge in [0.2, 0.25) is 0 Å². The van der Waals surface area contributed by atoms with Crippen LogP contribution >= 0.6 is 0 Å². The first-order valence-corrected chi connectivity index (χ1v) is 21.1. The van der Waals surface area contributed by atoms with E-state index in [1.165, 1.54) is 41.0 Å². The van der Waals surface area contributed by atoms with Crippen molar-refractivity contribution in [3.63, 3.8) is 0 Å². The summed E-state index contributed by atoms with van der Waals surface area (Å²) in [6.07, 6.45) is 10.6. The fraction of sp³-hybridized carbons (Fsp3) is 0.280. The van der Waals surface area contributed by atoms with E-state index in [1.54, 1.807) is 24.5 Å². The number of pyridine rings is 2. The molecule has 0 bridgehead atoms. The Hall–Kier alpha value is -6.06. The van der Waals surface area contributed by atoms with Gasteiger partial charge in [0.25, 0.3) is 0 Å². The SMILES string of the molecule is O=C(c1ccc(F)c(F)c1)c1ccc(CN2CCC3(CC2)OCc2ccncc23)c(F)c1.O=C(c1ccc(F)c(F)c1)c1ccc(CN2CCC3(CC2)OCc2ccncc23)cc1F. The summed E-state index contributed by atoms with van der Waals surface area (Å²) < 4.78 is 94.9. The summed E-state index contributed by atoms with van der Waals surface area (Å²) in [5.74, 6) is -6.74. The number of aromatic nitrogens is 2. The topological polar surface area (TPSA) is 84.9 Å². The van der Waals surface area contributed by atoms with Gasteiger partial charge in [0, 0.05) is 97.4 Å². The zero-order valence-electron chi connectivity index (χ0n) is 34.6. The van der Waals surface area contributed by atoms with Gasteiger partial charge in [-0.3, -0.25) is 29.4 Å². The number of carbonyl (C=O) groups is 2. The number of halogens is 6. The third-order valence-corrected chi connectivity index (χ3v) is 12.9. The molecule has 0 saturated carbocycles. The summed E-state index contributed by atoms with van der Waals surface area (Å²) in [5.41, 5.74) is 5.15. The van der Waals surface area contributed by atoms with Crippen LogP contribution in [0, 0.1) is 34.9 Å². The van der Waals surface area contributed by atoms with E-state index in [-0.39, 0.29) is 33.5 Å². The molecule has 0 amide bonds. The molecule has 0 radical (unpaired) electrons. The first kappa shape index (κ1) is 43.2. The molecule has 64 heavy (non-hydrogen) atoms. The number of ketones is 2. The molecule has 10 rings (SSSR count). The lowest BCUT2D eigenvalue weighted by molar-refractivity contribution is -0.0802. The van der Waals surface area contributed by atoms with Crippen LogP contribution in [-0.2, 0) is 47.0 Å². The van der Waals surface area contributed by atoms with Gasteiger partial charge in [0.1, 0.15) is 11.6 Å². The third-order valence-electron chi connectivity index (χ3n) is 12.9.